The lowest BCUT2D eigenvalue weighted by molar-refractivity contribution is 0.255. The van der Waals surface area contributed by atoms with Gasteiger partial charge in [-0.25, -0.2) is 0 Å². The van der Waals surface area contributed by atoms with Gasteiger partial charge < -0.3 is 14.8 Å². The van der Waals surface area contributed by atoms with Crippen molar-refractivity contribution in [3.63, 3.8) is 0 Å². The van der Waals surface area contributed by atoms with Gasteiger partial charge in [0.1, 0.15) is 24.7 Å². The third-order valence-corrected chi connectivity index (χ3v) is 3.13. The summed E-state index contributed by atoms with van der Waals surface area (Å²) < 4.78 is 11.4. The molecule has 0 aliphatic carbocycles. The number of rotatable bonds is 8. The molecule has 0 heterocycles. The first-order chi connectivity index (χ1) is 10.2. The number of benzene rings is 2. The monoisotopic (exact) mass is 285 g/mol. The smallest absolute Gasteiger partial charge is 0.119 e. The van der Waals surface area contributed by atoms with Crippen LogP contribution in [0.1, 0.15) is 12.5 Å². The molecule has 0 saturated heterocycles. The summed E-state index contributed by atoms with van der Waals surface area (Å²) in [5.41, 5.74) is 1.24. The molecule has 21 heavy (non-hydrogen) atoms. The standard InChI is InChI=1S/C18H23NO2/c1-15-8-10-18(11-9-15)21-14-16(2)19-12-13-20-17-6-4-3-5-7-17/h3-11,16,19H,12-14H2,1-2H3. The highest BCUT2D eigenvalue weighted by Crippen LogP contribution is 2.11. The summed E-state index contributed by atoms with van der Waals surface area (Å²) in [5.74, 6) is 1.82. The van der Waals surface area contributed by atoms with E-state index in [4.69, 9.17) is 9.47 Å². The van der Waals surface area contributed by atoms with Crippen molar-refractivity contribution in [3.8, 4) is 11.5 Å². The highest BCUT2D eigenvalue weighted by molar-refractivity contribution is 5.26. The van der Waals surface area contributed by atoms with Gasteiger partial charge in [0.05, 0.1) is 0 Å². The number of aryl methyl sites for hydroxylation is 1. The van der Waals surface area contributed by atoms with Crippen LogP contribution in [0, 0.1) is 6.92 Å². The Bertz CT molecular complexity index is 511. The zero-order valence-electron chi connectivity index (χ0n) is 12.7. The summed E-state index contributed by atoms with van der Waals surface area (Å²) in [6, 6.07) is 18.2. The molecule has 0 spiro atoms. The van der Waals surface area contributed by atoms with Gasteiger partial charge in [-0.05, 0) is 38.1 Å². The normalized spacial score (nSPS) is 11.9. The molecule has 2 rings (SSSR count). The Balaban J connectivity index is 1.59. The Hall–Kier alpha value is -2.00. The van der Waals surface area contributed by atoms with Crippen LogP contribution in [0.5, 0.6) is 11.5 Å². The highest BCUT2D eigenvalue weighted by Gasteiger charge is 2.02. The minimum atomic E-state index is 0.283. The van der Waals surface area contributed by atoms with Crippen molar-refractivity contribution in [2.45, 2.75) is 19.9 Å². The van der Waals surface area contributed by atoms with Crippen molar-refractivity contribution in [2.24, 2.45) is 0 Å². The van der Waals surface area contributed by atoms with E-state index in [1.807, 2.05) is 42.5 Å². The molecule has 1 unspecified atom stereocenters. The Labute approximate surface area is 126 Å². The molecule has 112 valence electrons. The zero-order chi connectivity index (χ0) is 14.9. The highest BCUT2D eigenvalue weighted by atomic mass is 16.5. The molecule has 3 heteroatoms. The largest absolute Gasteiger partial charge is 0.492 e. The van der Waals surface area contributed by atoms with Gasteiger partial charge in [0.15, 0.2) is 0 Å². The van der Waals surface area contributed by atoms with E-state index in [9.17, 15) is 0 Å². The summed E-state index contributed by atoms with van der Waals surface area (Å²) in [6.07, 6.45) is 0. The molecule has 0 aromatic heterocycles. The summed E-state index contributed by atoms with van der Waals surface area (Å²) >= 11 is 0. The van der Waals surface area contributed by atoms with E-state index in [1.165, 1.54) is 5.56 Å². The summed E-state index contributed by atoms with van der Waals surface area (Å²) in [5, 5.41) is 3.38. The van der Waals surface area contributed by atoms with Gasteiger partial charge in [-0.1, -0.05) is 35.9 Å². The van der Waals surface area contributed by atoms with E-state index < -0.39 is 0 Å². The predicted molar refractivity (Wildman–Crippen MR) is 86.1 cm³/mol. The van der Waals surface area contributed by atoms with Crippen LogP contribution in [-0.4, -0.2) is 25.8 Å². The van der Waals surface area contributed by atoms with E-state index in [2.05, 4.69) is 31.3 Å². The molecule has 0 fully saturated rings. The van der Waals surface area contributed by atoms with Gasteiger partial charge in [0.25, 0.3) is 0 Å². The Kier molecular flexibility index (Phi) is 6.10. The molecule has 0 saturated carbocycles. The van der Waals surface area contributed by atoms with Crippen LogP contribution in [0.3, 0.4) is 0 Å². The molecule has 0 amide bonds. The second kappa shape index (κ2) is 8.32. The van der Waals surface area contributed by atoms with Crippen molar-refractivity contribution in [1.29, 1.82) is 0 Å². The molecule has 1 atom stereocenters. The quantitative estimate of drug-likeness (QED) is 0.754. The van der Waals surface area contributed by atoms with Gasteiger partial charge in [-0.2, -0.15) is 0 Å². The van der Waals surface area contributed by atoms with Crippen molar-refractivity contribution in [3.05, 3.63) is 60.2 Å². The number of ether oxygens (including phenoxy) is 2. The maximum Gasteiger partial charge on any atom is 0.119 e. The fourth-order valence-electron chi connectivity index (χ4n) is 1.91. The lowest BCUT2D eigenvalue weighted by Crippen LogP contribution is -2.34. The zero-order valence-corrected chi connectivity index (χ0v) is 12.7. The van der Waals surface area contributed by atoms with Crippen molar-refractivity contribution < 1.29 is 9.47 Å². The third kappa shape index (κ3) is 5.88. The molecule has 0 aliphatic rings. The van der Waals surface area contributed by atoms with Crippen LogP contribution in [0.25, 0.3) is 0 Å². The maximum atomic E-state index is 5.73. The van der Waals surface area contributed by atoms with Gasteiger partial charge >= 0.3 is 0 Å². The molecule has 1 N–H and O–H groups in total. The van der Waals surface area contributed by atoms with Crippen LogP contribution >= 0.6 is 0 Å². The lowest BCUT2D eigenvalue weighted by Gasteiger charge is -2.15. The molecular weight excluding hydrogens is 262 g/mol. The van der Waals surface area contributed by atoms with Gasteiger partial charge in [0.2, 0.25) is 0 Å². The fourth-order valence-corrected chi connectivity index (χ4v) is 1.91. The van der Waals surface area contributed by atoms with Crippen LogP contribution < -0.4 is 14.8 Å². The van der Waals surface area contributed by atoms with Gasteiger partial charge in [-0.15, -0.1) is 0 Å². The molecule has 0 bridgehead atoms. The number of hydrogen-bond donors (Lipinski definition) is 1. The minimum absolute atomic E-state index is 0.283. The number of para-hydroxylation sites is 1. The second-order valence-electron chi connectivity index (χ2n) is 5.14. The van der Waals surface area contributed by atoms with E-state index >= 15 is 0 Å². The van der Waals surface area contributed by atoms with E-state index in [0.29, 0.717) is 13.2 Å². The molecule has 0 radical (unpaired) electrons. The Morgan fingerprint density at radius 3 is 2.29 bits per heavy atom. The second-order valence-corrected chi connectivity index (χ2v) is 5.14. The van der Waals surface area contributed by atoms with E-state index in [-0.39, 0.29) is 6.04 Å². The Morgan fingerprint density at radius 1 is 0.905 bits per heavy atom. The number of nitrogens with one attached hydrogen (secondary N) is 1. The van der Waals surface area contributed by atoms with Crippen LogP contribution in [-0.2, 0) is 0 Å². The predicted octanol–water partition coefficient (Wildman–Crippen LogP) is 3.43. The average Bonchev–Trinajstić information content (AvgIpc) is 2.52. The molecule has 2 aromatic carbocycles. The first-order valence-electron chi connectivity index (χ1n) is 7.35. The van der Waals surface area contributed by atoms with E-state index in [1.54, 1.807) is 0 Å². The van der Waals surface area contributed by atoms with Crippen LogP contribution in [0.4, 0.5) is 0 Å². The number of hydrogen-bond acceptors (Lipinski definition) is 3. The first-order valence-corrected chi connectivity index (χ1v) is 7.35. The summed E-state index contributed by atoms with van der Waals surface area (Å²) in [6.45, 7) is 6.28. The molecule has 0 aliphatic heterocycles. The SMILES string of the molecule is Cc1ccc(OCC(C)NCCOc2ccccc2)cc1. The molecule has 2 aromatic rings. The lowest BCUT2D eigenvalue weighted by atomic mass is 10.2. The van der Waals surface area contributed by atoms with E-state index in [0.717, 1.165) is 18.0 Å². The molecule has 3 nitrogen and oxygen atoms in total. The topological polar surface area (TPSA) is 30.5 Å². The van der Waals surface area contributed by atoms with Crippen LogP contribution in [0.15, 0.2) is 54.6 Å². The van der Waals surface area contributed by atoms with Gasteiger partial charge in [-0.3, -0.25) is 0 Å². The third-order valence-electron chi connectivity index (χ3n) is 3.13. The molecular formula is C18H23NO2. The Morgan fingerprint density at radius 2 is 1.57 bits per heavy atom. The fraction of sp³-hybridized carbons (Fsp3) is 0.333. The van der Waals surface area contributed by atoms with Crippen LogP contribution in [0.2, 0.25) is 0 Å². The van der Waals surface area contributed by atoms with Crippen molar-refractivity contribution >= 4 is 0 Å². The first kappa shape index (κ1) is 15.4. The average molecular weight is 285 g/mol. The summed E-state index contributed by atoms with van der Waals surface area (Å²) in [7, 11) is 0. The minimum Gasteiger partial charge on any atom is -0.492 e. The van der Waals surface area contributed by atoms with Gasteiger partial charge in [0, 0.05) is 12.6 Å². The maximum absolute atomic E-state index is 5.73. The summed E-state index contributed by atoms with van der Waals surface area (Å²) in [4.78, 5) is 0. The van der Waals surface area contributed by atoms with Crippen molar-refractivity contribution in [1.82, 2.24) is 5.32 Å². The van der Waals surface area contributed by atoms with Crippen molar-refractivity contribution in [2.75, 3.05) is 19.8 Å².